The highest BCUT2D eigenvalue weighted by molar-refractivity contribution is 5.72. The minimum atomic E-state index is -0.936. The van der Waals surface area contributed by atoms with Crippen LogP contribution in [0.4, 0.5) is 10.2 Å². The van der Waals surface area contributed by atoms with Gasteiger partial charge in [0.1, 0.15) is 18.2 Å². The van der Waals surface area contributed by atoms with Crippen LogP contribution in [0, 0.1) is 0 Å². The largest absolute Gasteiger partial charge is 0.507 e. The number of alkyl halides is 1. The number of aromatic nitrogens is 5. The number of piperidine rings is 1. The van der Waals surface area contributed by atoms with E-state index in [1.807, 2.05) is 19.0 Å². The van der Waals surface area contributed by atoms with E-state index in [-0.39, 0.29) is 23.7 Å². The first-order chi connectivity index (χ1) is 15.8. The normalized spacial score (nSPS) is 24.7. The number of phenols is 1. The van der Waals surface area contributed by atoms with Crippen molar-refractivity contribution in [3.05, 3.63) is 47.1 Å². The Morgan fingerprint density at radius 1 is 1.15 bits per heavy atom. The number of rotatable bonds is 4. The second kappa shape index (κ2) is 8.18. The van der Waals surface area contributed by atoms with Gasteiger partial charge >= 0.3 is 5.69 Å². The second-order valence-corrected chi connectivity index (χ2v) is 8.90. The summed E-state index contributed by atoms with van der Waals surface area (Å²) >= 11 is 0. The van der Waals surface area contributed by atoms with E-state index >= 15 is 4.39 Å². The molecule has 0 aliphatic carbocycles. The molecule has 2 saturated heterocycles. The van der Waals surface area contributed by atoms with Crippen LogP contribution in [0.15, 0.2) is 41.5 Å². The minimum absolute atomic E-state index is 0.0251. The van der Waals surface area contributed by atoms with Crippen LogP contribution >= 0.6 is 0 Å². The van der Waals surface area contributed by atoms with Crippen LogP contribution in [0.5, 0.6) is 5.75 Å². The van der Waals surface area contributed by atoms with Crippen LogP contribution in [-0.2, 0) is 7.05 Å². The Morgan fingerprint density at radius 2 is 1.97 bits per heavy atom. The smallest absolute Gasteiger partial charge is 0.350 e. The number of aryl methyl sites for hydroxylation is 1. The molecule has 3 aromatic rings. The molecule has 4 atom stereocenters. The zero-order valence-corrected chi connectivity index (χ0v) is 18.8. The summed E-state index contributed by atoms with van der Waals surface area (Å²) in [5, 5.41) is 19.2. The Kier molecular flexibility index (Phi) is 5.32. The molecule has 2 aliphatic heterocycles. The lowest BCUT2D eigenvalue weighted by Crippen LogP contribution is -2.56. The van der Waals surface area contributed by atoms with Crippen molar-refractivity contribution in [1.29, 1.82) is 0 Å². The lowest BCUT2D eigenvalue weighted by molar-refractivity contribution is 0.0701. The fourth-order valence-electron chi connectivity index (χ4n) is 4.99. The van der Waals surface area contributed by atoms with E-state index in [1.54, 1.807) is 31.3 Å². The molecule has 2 unspecified atom stereocenters. The van der Waals surface area contributed by atoms with E-state index in [1.165, 1.54) is 17.0 Å². The molecule has 2 bridgehead atoms. The number of nitrogens with zero attached hydrogens (tertiary/aromatic N) is 7. The number of hydrogen-bond donors (Lipinski definition) is 1. The van der Waals surface area contributed by atoms with Crippen LogP contribution in [-0.4, -0.2) is 73.1 Å². The Labute approximate surface area is 190 Å². The summed E-state index contributed by atoms with van der Waals surface area (Å²) in [7, 11) is 5.44. The molecule has 9 nitrogen and oxygen atoms in total. The maximum Gasteiger partial charge on any atom is 0.350 e. The van der Waals surface area contributed by atoms with Crippen molar-refractivity contribution in [3.63, 3.8) is 0 Å². The minimum Gasteiger partial charge on any atom is -0.507 e. The van der Waals surface area contributed by atoms with Crippen LogP contribution in [0.25, 0.3) is 22.6 Å². The third-order valence-corrected chi connectivity index (χ3v) is 7.04. The molecule has 0 saturated carbocycles. The molecule has 0 amide bonds. The fraction of sp³-hybridized carbons (Fsp3) is 0.435. The average molecular weight is 452 g/mol. The monoisotopic (exact) mass is 451 g/mol. The first kappa shape index (κ1) is 21.4. The zero-order valence-electron chi connectivity index (χ0n) is 18.8. The molecule has 2 aromatic heterocycles. The quantitative estimate of drug-likeness (QED) is 0.643. The van der Waals surface area contributed by atoms with Crippen molar-refractivity contribution in [1.82, 2.24) is 29.6 Å². The fourth-order valence-corrected chi connectivity index (χ4v) is 4.99. The standard InChI is InChI=1S/C23H26FN7O2/c1-29-12-25-22(26-23(29)33)13-4-6-15(19(32)10-13)16-7-9-20(28-27-16)31(3)18-11-14-5-8-17(21(18)24)30(14)2/h4,6-7,9-10,12,14,17-18,21,32H,5,8,11H2,1-3H3/t14?,17?,18-,21+/m1/s1. The highest BCUT2D eigenvalue weighted by Crippen LogP contribution is 2.39. The highest BCUT2D eigenvalue weighted by atomic mass is 19.1. The molecule has 172 valence electrons. The van der Waals surface area contributed by atoms with Crippen LogP contribution in [0.2, 0.25) is 0 Å². The summed E-state index contributed by atoms with van der Waals surface area (Å²) in [6.45, 7) is 0. The number of fused-ring (bicyclic) bond motifs is 2. The number of aromatic hydroxyl groups is 1. The Bertz CT molecular complexity index is 1230. The maximum atomic E-state index is 15.2. The van der Waals surface area contributed by atoms with Crippen LogP contribution < -0.4 is 10.6 Å². The molecule has 10 heteroatoms. The topological polar surface area (TPSA) is 100 Å². The Hall–Kier alpha value is -3.40. The molecular weight excluding hydrogens is 425 g/mol. The first-order valence-corrected chi connectivity index (χ1v) is 11.0. The van der Waals surface area contributed by atoms with Crippen LogP contribution in [0.3, 0.4) is 0 Å². The number of phenolic OH excluding ortho intramolecular Hbond substituents is 1. The molecule has 4 heterocycles. The molecule has 2 fully saturated rings. The van der Waals surface area contributed by atoms with Gasteiger partial charge in [-0.2, -0.15) is 4.98 Å². The summed E-state index contributed by atoms with van der Waals surface area (Å²) in [5.41, 5.74) is 1.07. The SMILES string of the molecule is CN1C2CCC1[C@H](F)[C@H](N(C)c1ccc(-c3ccc(-c4ncn(C)c(=O)n4)cc3O)nn1)C2. The second-order valence-electron chi connectivity index (χ2n) is 8.90. The molecule has 0 spiro atoms. The van der Waals surface area contributed by atoms with Crippen molar-refractivity contribution in [3.8, 4) is 28.4 Å². The average Bonchev–Trinajstić information content (AvgIpc) is 3.08. The van der Waals surface area contributed by atoms with Crippen LogP contribution in [0.1, 0.15) is 19.3 Å². The molecule has 0 radical (unpaired) electrons. The summed E-state index contributed by atoms with van der Waals surface area (Å²) < 4.78 is 16.4. The molecule has 5 rings (SSSR count). The Balaban J connectivity index is 1.36. The number of benzene rings is 1. The van der Waals surface area contributed by atoms with Gasteiger partial charge in [-0.15, -0.1) is 10.2 Å². The van der Waals surface area contributed by atoms with Gasteiger partial charge in [0.15, 0.2) is 11.6 Å². The van der Waals surface area contributed by atoms with E-state index in [4.69, 9.17) is 0 Å². The van der Waals surface area contributed by atoms with Gasteiger partial charge in [0, 0.05) is 37.3 Å². The Morgan fingerprint density at radius 3 is 2.67 bits per heavy atom. The van der Waals surface area contributed by atoms with Crippen molar-refractivity contribution in [2.75, 3.05) is 19.0 Å². The number of halogens is 1. The summed E-state index contributed by atoms with van der Waals surface area (Å²) in [4.78, 5) is 23.9. The van der Waals surface area contributed by atoms with E-state index in [0.717, 1.165) is 19.3 Å². The third-order valence-electron chi connectivity index (χ3n) is 7.04. The zero-order chi connectivity index (χ0) is 23.3. The highest BCUT2D eigenvalue weighted by Gasteiger charge is 2.47. The molecular formula is C23H26FN7O2. The van der Waals surface area contributed by atoms with Gasteiger partial charge < -0.3 is 10.0 Å². The lowest BCUT2D eigenvalue weighted by atomic mass is 9.95. The summed E-state index contributed by atoms with van der Waals surface area (Å²) in [6, 6.07) is 8.60. The van der Waals surface area contributed by atoms with Gasteiger partial charge in [-0.3, -0.25) is 9.47 Å². The summed E-state index contributed by atoms with van der Waals surface area (Å²) in [6.07, 6.45) is 3.15. The lowest BCUT2D eigenvalue weighted by Gasteiger charge is -2.43. The molecule has 33 heavy (non-hydrogen) atoms. The predicted molar refractivity (Wildman–Crippen MR) is 122 cm³/mol. The van der Waals surface area contributed by atoms with Gasteiger partial charge in [-0.25, -0.2) is 14.2 Å². The molecule has 2 aliphatic rings. The predicted octanol–water partition coefficient (Wildman–Crippen LogP) is 2.01. The van der Waals surface area contributed by atoms with Gasteiger partial charge in [0.25, 0.3) is 0 Å². The maximum absolute atomic E-state index is 15.2. The van der Waals surface area contributed by atoms with E-state index in [2.05, 4.69) is 25.1 Å². The van der Waals surface area contributed by atoms with Crippen molar-refractivity contribution in [2.45, 2.75) is 43.6 Å². The van der Waals surface area contributed by atoms with Gasteiger partial charge in [-0.1, -0.05) is 6.07 Å². The molecule has 1 aromatic carbocycles. The van der Waals surface area contributed by atoms with Gasteiger partial charge in [0.05, 0.1) is 11.7 Å². The van der Waals surface area contributed by atoms with Gasteiger partial charge in [-0.05, 0) is 50.6 Å². The number of anilines is 1. The summed E-state index contributed by atoms with van der Waals surface area (Å²) in [5.74, 6) is 0.804. The van der Waals surface area contributed by atoms with Crippen molar-refractivity contribution >= 4 is 5.82 Å². The first-order valence-electron chi connectivity index (χ1n) is 11.0. The van der Waals surface area contributed by atoms with Crippen molar-refractivity contribution < 1.29 is 9.50 Å². The van der Waals surface area contributed by atoms with E-state index in [9.17, 15) is 9.90 Å². The van der Waals surface area contributed by atoms with E-state index < -0.39 is 11.9 Å². The third kappa shape index (κ3) is 3.74. The van der Waals surface area contributed by atoms with Gasteiger partial charge in [0.2, 0.25) is 0 Å². The van der Waals surface area contributed by atoms with E-state index in [0.29, 0.717) is 28.7 Å². The molecule has 1 N–H and O–H groups in total. The number of hydrogen-bond acceptors (Lipinski definition) is 8. The van der Waals surface area contributed by atoms with Crippen molar-refractivity contribution in [2.24, 2.45) is 7.05 Å².